The van der Waals surface area contributed by atoms with Crippen LogP contribution in [0.3, 0.4) is 0 Å². The van der Waals surface area contributed by atoms with Crippen molar-refractivity contribution < 1.29 is 13.9 Å². The van der Waals surface area contributed by atoms with E-state index >= 15 is 0 Å². The Bertz CT molecular complexity index is 334. The van der Waals surface area contributed by atoms with Gasteiger partial charge in [-0.25, -0.2) is 0 Å². The van der Waals surface area contributed by atoms with Gasteiger partial charge in [-0.05, 0) is 18.6 Å². The van der Waals surface area contributed by atoms with Gasteiger partial charge in [-0.2, -0.15) is 0 Å². The fourth-order valence-corrected chi connectivity index (χ4v) is 1.89. The summed E-state index contributed by atoms with van der Waals surface area (Å²) < 4.78 is 10.6. The molecule has 16 heavy (non-hydrogen) atoms. The number of carbonyl (C=O) groups is 1. The Balaban J connectivity index is 1.87. The molecule has 2 rings (SSSR count). The minimum Gasteiger partial charge on any atom is -0.461 e. The summed E-state index contributed by atoms with van der Waals surface area (Å²) >= 11 is 0. The molecule has 1 aromatic rings. The predicted octanol–water partition coefficient (Wildman–Crippen LogP) is 1.57. The third-order valence-corrected chi connectivity index (χ3v) is 2.84. The van der Waals surface area contributed by atoms with E-state index in [1.807, 2.05) is 0 Å². The van der Waals surface area contributed by atoms with Crippen LogP contribution in [0.1, 0.15) is 23.9 Å². The van der Waals surface area contributed by atoms with Gasteiger partial charge in [-0.15, -0.1) is 0 Å². The Morgan fingerprint density at radius 1 is 1.62 bits per heavy atom. The summed E-state index contributed by atoms with van der Waals surface area (Å²) in [5.41, 5.74) is 0. The first-order valence-corrected chi connectivity index (χ1v) is 5.70. The summed E-state index contributed by atoms with van der Waals surface area (Å²) in [6, 6.07) is 3.45. The standard InChI is InChI=1S/C12H17NO3/c1-2-10-8-13(5-7-15-10)9-11(14)12-4-3-6-16-12/h3-4,6,10H,2,5,7-9H2,1H3. The summed E-state index contributed by atoms with van der Waals surface area (Å²) in [4.78, 5) is 13.9. The van der Waals surface area contributed by atoms with Crippen molar-refractivity contribution in [2.75, 3.05) is 26.2 Å². The van der Waals surface area contributed by atoms with Crippen LogP contribution in [0.25, 0.3) is 0 Å². The molecule has 1 atom stereocenters. The van der Waals surface area contributed by atoms with Crippen molar-refractivity contribution in [1.82, 2.24) is 4.90 Å². The number of ether oxygens (including phenoxy) is 1. The molecule has 0 spiro atoms. The molecule has 4 heteroatoms. The molecule has 0 amide bonds. The maximum Gasteiger partial charge on any atom is 0.211 e. The molecule has 0 bridgehead atoms. The Morgan fingerprint density at radius 2 is 2.50 bits per heavy atom. The number of hydrogen-bond donors (Lipinski definition) is 0. The lowest BCUT2D eigenvalue weighted by atomic mass is 10.2. The topological polar surface area (TPSA) is 42.7 Å². The van der Waals surface area contributed by atoms with Crippen LogP contribution in [0.2, 0.25) is 0 Å². The highest BCUT2D eigenvalue weighted by Crippen LogP contribution is 2.10. The summed E-state index contributed by atoms with van der Waals surface area (Å²) in [7, 11) is 0. The number of nitrogens with zero attached hydrogens (tertiary/aromatic N) is 1. The maximum absolute atomic E-state index is 11.8. The van der Waals surface area contributed by atoms with Crippen LogP contribution in [-0.4, -0.2) is 43.0 Å². The zero-order chi connectivity index (χ0) is 11.4. The Kier molecular flexibility index (Phi) is 3.74. The van der Waals surface area contributed by atoms with Crippen LogP contribution in [0, 0.1) is 0 Å². The van der Waals surface area contributed by atoms with E-state index in [4.69, 9.17) is 9.15 Å². The number of furan rings is 1. The highest BCUT2D eigenvalue weighted by atomic mass is 16.5. The van der Waals surface area contributed by atoms with Crippen molar-refractivity contribution in [2.24, 2.45) is 0 Å². The van der Waals surface area contributed by atoms with Crippen LogP contribution in [0.15, 0.2) is 22.8 Å². The van der Waals surface area contributed by atoms with Gasteiger partial charge in [0.2, 0.25) is 5.78 Å². The van der Waals surface area contributed by atoms with Crippen LogP contribution in [0.5, 0.6) is 0 Å². The van der Waals surface area contributed by atoms with Gasteiger partial charge in [-0.1, -0.05) is 6.92 Å². The molecule has 0 aliphatic carbocycles. The Labute approximate surface area is 95.2 Å². The number of morpholine rings is 1. The first kappa shape index (κ1) is 11.4. The lowest BCUT2D eigenvalue weighted by molar-refractivity contribution is -0.0273. The molecule has 2 heterocycles. The van der Waals surface area contributed by atoms with E-state index in [0.717, 1.165) is 19.5 Å². The molecule has 1 aliphatic heterocycles. The maximum atomic E-state index is 11.8. The minimum absolute atomic E-state index is 0.0433. The fraction of sp³-hybridized carbons (Fsp3) is 0.583. The summed E-state index contributed by atoms with van der Waals surface area (Å²) in [5, 5.41) is 0. The number of rotatable bonds is 4. The van der Waals surface area contributed by atoms with E-state index in [-0.39, 0.29) is 11.9 Å². The quantitative estimate of drug-likeness (QED) is 0.727. The zero-order valence-corrected chi connectivity index (χ0v) is 9.52. The molecular weight excluding hydrogens is 206 g/mol. The van der Waals surface area contributed by atoms with E-state index in [0.29, 0.717) is 18.9 Å². The van der Waals surface area contributed by atoms with E-state index in [1.54, 1.807) is 12.1 Å². The van der Waals surface area contributed by atoms with Crippen molar-refractivity contribution in [1.29, 1.82) is 0 Å². The van der Waals surface area contributed by atoms with Gasteiger partial charge in [0, 0.05) is 13.1 Å². The second-order valence-corrected chi connectivity index (χ2v) is 4.04. The molecule has 88 valence electrons. The van der Waals surface area contributed by atoms with Gasteiger partial charge in [0.15, 0.2) is 5.76 Å². The molecular formula is C12H17NO3. The normalized spacial score (nSPS) is 22.2. The first-order valence-electron chi connectivity index (χ1n) is 5.70. The number of ketones is 1. The van der Waals surface area contributed by atoms with Crippen LogP contribution in [0.4, 0.5) is 0 Å². The largest absolute Gasteiger partial charge is 0.461 e. The van der Waals surface area contributed by atoms with Crippen LogP contribution >= 0.6 is 0 Å². The predicted molar refractivity (Wildman–Crippen MR) is 59.5 cm³/mol. The van der Waals surface area contributed by atoms with Gasteiger partial charge in [0.1, 0.15) is 0 Å². The second-order valence-electron chi connectivity index (χ2n) is 4.04. The Morgan fingerprint density at radius 3 is 3.19 bits per heavy atom. The van der Waals surface area contributed by atoms with Crippen molar-refractivity contribution in [3.63, 3.8) is 0 Å². The van der Waals surface area contributed by atoms with E-state index in [2.05, 4.69) is 11.8 Å². The number of Topliss-reactive ketones (excluding diaryl/α,β-unsaturated/α-hetero) is 1. The summed E-state index contributed by atoms with van der Waals surface area (Å²) in [6.07, 6.45) is 2.78. The highest BCUT2D eigenvalue weighted by molar-refractivity contribution is 5.94. The number of hydrogen-bond acceptors (Lipinski definition) is 4. The van der Waals surface area contributed by atoms with Crippen molar-refractivity contribution in [3.8, 4) is 0 Å². The zero-order valence-electron chi connectivity index (χ0n) is 9.52. The molecule has 4 nitrogen and oxygen atoms in total. The molecule has 0 saturated carbocycles. The Hall–Kier alpha value is -1.13. The molecule has 1 aromatic heterocycles. The van der Waals surface area contributed by atoms with Crippen molar-refractivity contribution >= 4 is 5.78 Å². The SMILES string of the molecule is CCC1CN(CC(=O)c2ccco2)CCO1. The van der Waals surface area contributed by atoms with E-state index in [9.17, 15) is 4.79 Å². The lowest BCUT2D eigenvalue weighted by Gasteiger charge is -2.31. The average molecular weight is 223 g/mol. The molecule has 1 fully saturated rings. The van der Waals surface area contributed by atoms with E-state index < -0.39 is 0 Å². The van der Waals surface area contributed by atoms with E-state index in [1.165, 1.54) is 6.26 Å². The molecule has 0 N–H and O–H groups in total. The second kappa shape index (κ2) is 5.27. The van der Waals surface area contributed by atoms with Gasteiger partial charge in [0.05, 0.1) is 25.5 Å². The molecule has 0 aromatic carbocycles. The highest BCUT2D eigenvalue weighted by Gasteiger charge is 2.21. The molecule has 0 radical (unpaired) electrons. The van der Waals surface area contributed by atoms with Gasteiger partial charge in [-0.3, -0.25) is 9.69 Å². The third-order valence-electron chi connectivity index (χ3n) is 2.84. The summed E-state index contributed by atoms with van der Waals surface area (Å²) in [5.74, 6) is 0.487. The minimum atomic E-state index is 0.0433. The molecule has 1 aliphatic rings. The number of carbonyl (C=O) groups excluding carboxylic acids is 1. The lowest BCUT2D eigenvalue weighted by Crippen LogP contribution is -2.44. The average Bonchev–Trinajstić information content (AvgIpc) is 2.83. The van der Waals surface area contributed by atoms with Crippen molar-refractivity contribution in [2.45, 2.75) is 19.4 Å². The summed E-state index contributed by atoms with van der Waals surface area (Å²) in [6.45, 7) is 4.89. The van der Waals surface area contributed by atoms with Crippen molar-refractivity contribution in [3.05, 3.63) is 24.2 Å². The fourth-order valence-electron chi connectivity index (χ4n) is 1.89. The third kappa shape index (κ3) is 2.71. The van der Waals surface area contributed by atoms with Crippen LogP contribution in [-0.2, 0) is 4.74 Å². The van der Waals surface area contributed by atoms with Gasteiger partial charge in [0.25, 0.3) is 0 Å². The van der Waals surface area contributed by atoms with Crippen LogP contribution < -0.4 is 0 Å². The first-order chi connectivity index (χ1) is 7.79. The van der Waals surface area contributed by atoms with Gasteiger partial charge < -0.3 is 9.15 Å². The van der Waals surface area contributed by atoms with Gasteiger partial charge >= 0.3 is 0 Å². The monoisotopic (exact) mass is 223 g/mol. The smallest absolute Gasteiger partial charge is 0.211 e. The molecule has 1 unspecified atom stereocenters. The molecule has 1 saturated heterocycles.